The van der Waals surface area contributed by atoms with Crippen molar-refractivity contribution in [1.29, 1.82) is 0 Å². The second kappa shape index (κ2) is 5.99. The van der Waals surface area contributed by atoms with Gasteiger partial charge in [0.25, 0.3) is 0 Å². The van der Waals surface area contributed by atoms with Gasteiger partial charge in [-0.25, -0.2) is 0 Å². The van der Waals surface area contributed by atoms with E-state index in [9.17, 15) is 0 Å². The minimum absolute atomic E-state index is 0.605. The topological polar surface area (TPSA) is 24.5 Å². The van der Waals surface area contributed by atoms with Crippen molar-refractivity contribution in [3.8, 4) is 0 Å². The highest BCUT2D eigenvalue weighted by Gasteiger charge is 2.28. The zero-order chi connectivity index (χ0) is 11.4. The number of nitrogens with one attached hydrogen (secondary N) is 1. The molecule has 2 rings (SSSR count). The number of nitrogens with zero attached hydrogens (tertiary/aromatic N) is 1. The number of hydrogen-bond acceptors (Lipinski definition) is 3. The van der Waals surface area contributed by atoms with Crippen molar-refractivity contribution in [2.75, 3.05) is 33.4 Å². The third-order valence-corrected chi connectivity index (χ3v) is 4.25. The summed E-state index contributed by atoms with van der Waals surface area (Å²) >= 11 is 0. The lowest BCUT2D eigenvalue weighted by Crippen LogP contribution is -2.49. The first-order valence-corrected chi connectivity index (χ1v) is 6.80. The summed E-state index contributed by atoms with van der Waals surface area (Å²) < 4.78 is 5.50. The average Bonchev–Trinajstić information content (AvgIpc) is 2.33. The van der Waals surface area contributed by atoms with Crippen LogP contribution < -0.4 is 5.32 Å². The van der Waals surface area contributed by atoms with Crippen molar-refractivity contribution in [2.24, 2.45) is 5.92 Å². The minimum atomic E-state index is 0.605. The molecule has 0 aromatic rings. The summed E-state index contributed by atoms with van der Waals surface area (Å²) in [6.07, 6.45) is 5.58. The third kappa shape index (κ3) is 2.96. The van der Waals surface area contributed by atoms with E-state index >= 15 is 0 Å². The van der Waals surface area contributed by atoms with E-state index in [0.717, 1.165) is 31.7 Å². The highest BCUT2D eigenvalue weighted by molar-refractivity contribution is 4.84. The van der Waals surface area contributed by atoms with Gasteiger partial charge in [-0.1, -0.05) is 12.8 Å². The Morgan fingerprint density at radius 3 is 2.88 bits per heavy atom. The van der Waals surface area contributed by atoms with Crippen LogP contribution in [-0.4, -0.2) is 50.3 Å². The molecule has 3 heteroatoms. The number of rotatable bonds is 3. The largest absolute Gasteiger partial charge is 0.379 e. The van der Waals surface area contributed by atoms with E-state index in [4.69, 9.17) is 4.74 Å². The lowest BCUT2D eigenvalue weighted by molar-refractivity contribution is -0.0121. The maximum absolute atomic E-state index is 5.50. The lowest BCUT2D eigenvalue weighted by atomic mass is 9.84. The molecule has 16 heavy (non-hydrogen) atoms. The van der Waals surface area contributed by atoms with E-state index in [2.05, 4.69) is 24.2 Å². The monoisotopic (exact) mass is 226 g/mol. The van der Waals surface area contributed by atoms with Crippen LogP contribution in [0.1, 0.15) is 32.6 Å². The van der Waals surface area contributed by atoms with Crippen LogP contribution in [0.5, 0.6) is 0 Å². The number of ether oxygens (including phenoxy) is 1. The Hall–Kier alpha value is -0.120. The molecule has 3 atom stereocenters. The maximum Gasteiger partial charge on any atom is 0.0619 e. The summed E-state index contributed by atoms with van der Waals surface area (Å²) in [5, 5.41) is 3.50. The van der Waals surface area contributed by atoms with Crippen molar-refractivity contribution in [1.82, 2.24) is 10.2 Å². The number of hydrogen-bond donors (Lipinski definition) is 1. The van der Waals surface area contributed by atoms with E-state index in [-0.39, 0.29) is 0 Å². The molecule has 1 saturated heterocycles. The first-order valence-electron chi connectivity index (χ1n) is 6.80. The van der Waals surface area contributed by atoms with Crippen molar-refractivity contribution in [2.45, 2.75) is 44.7 Å². The summed E-state index contributed by atoms with van der Waals surface area (Å²) in [5.41, 5.74) is 0. The van der Waals surface area contributed by atoms with Gasteiger partial charge in [0.15, 0.2) is 0 Å². The maximum atomic E-state index is 5.50. The molecule has 0 radical (unpaired) electrons. The quantitative estimate of drug-likeness (QED) is 0.789. The van der Waals surface area contributed by atoms with Gasteiger partial charge in [-0.3, -0.25) is 4.90 Å². The highest BCUT2D eigenvalue weighted by atomic mass is 16.5. The molecular weight excluding hydrogens is 200 g/mol. The Morgan fingerprint density at radius 2 is 2.12 bits per heavy atom. The van der Waals surface area contributed by atoms with E-state index in [1.807, 2.05) is 0 Å². The van der Waals surface area contributed by atoms with E-state index in [0.29, 0.717) is 6.04 Å². The first kappa shape index (κ1) is 12.3. The third-order valence-electron chi connectivity index (χ3n) is 4.25. The smallest absolute Gasteiger partial charge is 0.0619 e. The fraction of sp³-hybridized carbons (Fsp3) is 1.00. The van der Waals surface area contributed by atoms with Gasteiger partial charge in [0.2, 0.25) is 0 Å². The Bertz CT molecular complexity index is 210. The van der Waals surface area contributed by atoms with Crippen LogP contribution in [0.3, 0.4) is 0 Å². The minimum Gasteiger partial charge on any atom is -0.379 e. The predicted molar refractivity (Wildman–Crippen MR) is 66.7 cm³/mol. The van der Waals surface area contributed by atoms with Crippen LogP contribution >= 0.6 is 0 Å². The summed E-state index contributed by atoms with van der Waals surface area (Å²) in [4.78, 5) is 2.61. The molecule has 1 aliphatic heterocycles. The van der Waals surface area contributed by atoms with Gasteiger partial charge in [0.05, 0.1) is 13.2 Å². The molecule has 0 bridgehead atoms. The second-order valence-electron chi connectivity index (χ2n) is 5.36. The molecule has 2 fully saturated rings. The molecule has 94 valence electrons. The van der Waals surface area contributed by atoms with Gasteiger partial charge in [-0.15, -0.1) is 0 Å². The molecule has 0 aromatic carbocycles. The zero-order valence-electron chi connectivity index (χ0n) is 10.7. The fourth-order valence-corrected chi connectivity index (χ4v) is 3.14. The van der Waals surface area contributed by atoms with Crippen LogP contribution in [0.25, 0.3) is 0 Å². The summed E-state index contributed by atoms with van der Waals surface area (Å²) in [6.45, 7) is 6.50. The van der Waals surface area contributed by atoms with Crippen LogP contribution in [0.4, 0.5) is 0 Å². The van der Waals surface area contributed by atoms with Crippen LogP contribution in [-0.2, 0) is 4.74 Å². The first-order chi connectivity index (χ1) is 7.81. The standard InChI is InChI=1S/C13H26N2O/c1-11-10-16-8-7-15(11)9-12-5-3-4-6-13(12)14-2/h11-14H,3-10H2,1-2H3. The Balaban J connectivity index is 1.86. The molecule has 2 aliphatic rings. The van der Waals surface area contributed by atoms with Crippen molar-refractivity contribution in [3.05, 3.63) is 0 Å². The molecule has 3 unspecified atom stereocenters. The van der Waals surface area contributed by atoms with E-state index in [1.54, 1.807) is 0 Å². The Labute approximate surface area is 99.5 Å². The molecule has 0 amide bonds. The average molecular weight is 226 g/mol. The fourth-order valence-electron chi connectivity index (χ4n) is 3.14. The molecule has 1 N–H and O–H groups in total. The van der Waals surface area contributed by atoms with Crippen molar-refractivity contribution >= 4 is 0 Å². The Kier molecular flexibility index (Phi) is 4.62. The Morgan fingerprint density at radius 1 is 1.31 bits per heavy atom. The van der Waals surface area contributed by atoms with Gasteiger partial charge < -0.3 is 10.1 Å². The van der Waals surface area contributed by atoms with Crippen molar-refractivity contribution < 1.29 is 4.74 Å². The lowest BCUT2D eigenvalue weighted by Gasteiger charge is -2.39. The second-order valence-corrected chi connectivity index (χ2v) is 5.36. The summed E-state index contributed by atoms with van der Waals surface area (Å²) in [5.74, 6) is 0.847. The van der Waals surface area contributed by atoms with Crippen LogP contribution in [0.15, 0.2) is 0 Å². The number of morpholine rings is 1. The molecule has 3 nitrogen and oxygen atoms in total. The van der Waals surface area contributed by atoms with Gasteiger partial charge in [-0.2, -0.15) is 0 Å². The molecule has 1 heterocycles. The van der Waals surface area contributed by atoms with Gasteiger partial charge in [0.1, 0.15) is 0 Å². The summed E-state index contributed by atoms with van der Waals surface area (Å²) in [6, 6.07) is 1.34. The normalized spacial score (nSPS) is 37.5. The van der Waals surface area contributed by atoms with Crippen LogP contribution in [0.2, 0.25) is 0 Å². The zero-order valence-corrected chi connectivity index (χ0v) is 10.7. The predicted octanol–water partition coefficient (Wildman–Crippen LogP) is 1.49. The molecule has 1 saturated carbocycles. The summed E-state index contributed by atoms with van der Waals surface area (Å²) in [7, 11) is 2.12. The highest BCUT2D eigenvalue weighted by Crippen LogP contribution is 2.26. The molecule has 1 aliphatic carbocycles. The van der Waals surface area contributed by atoms with Gasteiger partial charge in [0, 0.05) is 25.2 Å². The van der Waals surface area contributed by atoms with Crippen molar-refractivity contribution in [3.63, 3.8) is 0 Å². The van der Waals surface area contributed by atoms with Gasteiger partial charge >= 0.3 is 0 Å². The molecular formula is C13H26N2O. The molecule has 0 aromatic heterocycles. The SMILES string of the molecule is CNC1CCCCC1CN1CCOCC1C. The van der Waals surface area contributed by atoms with Gasteiger partial charge in [-0.05, 0) is 32.7 Å². The van der Waals surface area contributed by atoms with E-state index in [1.165, 1.54) is 32.2 Å². The molecule has 0 spiro atoms. The van der Waals surface area contributed by atoms with E-state index < -0.39 is 0 Å². The van der Waals surface area contributed by atoms with Crippen LogP contribution in [0, 0.1) is 5.92 Å².